The van der Waals surface area contributed by atoms with Crippen LogP contribution in [0.25, 0.3) is 0 Å². The summed E-state index contributed by atoms with van der Waals surface area (Å²) < 4.78 is 0. The van der Waals surface area contributed by atoms with Crippen LogP contribution in [0.3, 0.4) is 0 Å². The zero-order valence-electron chi connectivity index (χ0n) is 10.4. The number of carboxylic acids is 1. The number of hydrogen-bond acceptors (Lipinski definition) is 3. The zero-order chi connectivity index (χ0) is 12.9. The molecule has 5 nitrogen and oxygen atoms in total. The predicted molar refractivity (Wildman–Crippen MR) is 61.9 cm³/mol. The third kappa shape index (κ3) is 3.81. The van der Waals surface area contributed by atoms with Gasteiger partial charge in [-0.25, -0.2) is 4.79 Å². The molecule has 5 heteroatoms. The van der Waals surface area contributed by atoms with Crippen molar-refractivity contribution in [1.29, 1.82) is 0 Å². The Morgan fingerprint density at radius 2 is 1.94 bits per heavy atom. The van der Waals surface area contributed by atoms with Crippen molar-refractivity contribution >= 4 is 11.9 Å². The number of carbonyl (C=O) groups excluding carboxylic acids is 1. The minimum atomic E-state index is -1.02. The first-order valence-corrected chi connectivity index (χ1v) is 5.58. The van der Waals surface area contributed by atoms with E-state index in [2.05, 4.69) is 5.32 Å². The van der Waals surface area contributed by atoms with Gasteiger partial charge >= 0.3 is 5.97 Å². The van der Waals surface area contributed by atoms with Gasteiger partial charge < -0.3 is 16.2 Å². The van der Waals surface area contributed by atoms with Gasteiger partial charge in [0.1, 0.15) is 6.04 Å². The van der Waals surface area contributed by atoms with E-state index in [1.54, 1.807) is 20.8 Å². The summed E-state index contributed by atoms with van der Waals surface area (Å²) in [4.78, 5) is 22.7. The molecule has 0 fully saturated rings. The molecule has 0 aromatic heterocycles. The standard InChI is InChI=1S/C11H22N2O3/c1-5-7(3)8(9(14)15)13-10(16)11(4,12)6-2/h7-8H,5-6,12H2,1-4H3,(H,13,16)(H,14,15). The number of carboxylic acid groups (broad SMARTS) is 1. The summed E-state index contributed by atoms with van der Waals surface area (Å²) in [7, 11) is 0. The molecule has 0 aromatic carbocycles. The maximum Gasteiger partial charge on any atom is 0.326 e. The van der Waals surface area contributed by atoms with Crippen LogP contribution in [0.2, 0.25) is 0 Å². The Bertz CT molecular complexity index is 264. The molecule has 0 aliphatic heterocycles. The minimum absolute atomic E-state index is 0.117. The van der Waals surface area contributed by atoms with Crippen molar-refractivity contribution in [2.75, 3.05) is 0 Å². The zero-order valence-corrected chi connectivity index (χ0v) is 10.4. The molecule has 0 aromatic rings. The Kier molecular flexibility index (Phi) is 5.44. The molecule has 0 bridgehead atoms. The second kappa shape index (κ2) is 5.84. The Morgan fingerprint density at radius 3 is 2.25 bits per heavy atom. The van der Waals surface area contributed by atoms with Gasteiger partial charge in [0.2, 0.25) is 5.91 Å². The summed E-state index contributed by atoms with van der Waals surface area (Å²) in [6.07, 6.45) is 1.15. The van der Waals surface area contributed by atoms with Crippen molar-refractivity contribution in [3.8, 4) is 0 Å². The smallest absolute Gasteiger partial charge is 0.326 e. The van der Waals surface area contributed by atoms with Crippen LogP contribution in [0.4, 0.5) is 0 Å². The molecule has 94 valence electrons. The van der Waals surface area contributed by atoms with Gasteiger partial charge in [-0.2, -0.15) is 0 Å². The summed E-state index contributed by atoms with van der Waals surface area (Å²) in [6.45, 7) is 7.06. The molecule has 0 saturated carbocycles. The van der Waals surface area contributed by atoms with Gasteiger partial charge in [0.25, 0.3) is 0 Å². The van der Waals surface area contributed by atoms with Gasteiger partial charge in [-0.05, 0) is 19.3 Å². The van der Waals surface area contributed by atoms with Crippen LogP contribution < -0.4 is 11.1 Å². The fourth-order valence-corrected chi connectivity index (χ4v) is 1.15. The molecule has 0 rings (SSSR count). The van der Waals surface area contributed by atoms with Crippen LogP contribution in [-0.4, -0.2) is 28.6 Å². The van der Waals surface area contributed by atoms with Crippen molar-refractivity contribution < 1.29 is 14.7 Å². The number of amides is 1. The van der Waals surface area contributed by atoms with Gasteiger partial charge in [-0.1, -0.05) is 27.2 Å². The van der Waals surface area contributed by atoms with Crippen LogP contribution in [0.5, 0.6) is 0 Å². The SMILES string of the molecule is CCC(C)C(NC(=O)C(C)(N)CC)C(=O)O. The number of nitrogens with one attached hydrogen (secondary N) is 1. The van der Waals surface area contributed by atoms with E-state index in [9.17, 15) is 9.59 Å². The van der Waals surface area contributed by atoms with Gasteiger partial charge in [0.15, 0.2) is 0 Å². The monoisotopic (exact) mass is 230 g/mol. The lowest BCUT2D eigenvalue weighted by Gasteiger charge is -2.26. The molecule has 0 aliphatic rings. The summed E-state index contributed by atoms with van der Waals surface area (Å²) in [5, 5.41) is 11.5. The van der Waals surface area contributed by atoms with E-state index in [4.69, 9.17) is 10.8 Å². The minimum Gasteiger partial charge on any atom is -0.480 e. The van der Waals surface area contributed by atoms with E-state index in [0.29, 0.717) is 12.8 Å². The largest absolute Gasteiger partial charge is 0.480 e. The van der Waals surface area contributed by atoms with Crippen LogP contribution in [0.15, 0.2) is 0 Å². The summed E-state index contributed by atoms with van der Waals surface area (Å²) in [5.74, 6) is -1.55. The summed E-state index contributed by atoms with van der Waals surface area (Å²) in [5.41, 5.74) is 4.73. The summed E-state index contributed by atoms with van der Waals surface area (Å²) >= 11 is 0. The van der Waals surface area contributed by atoms with E-state index < -0.39 is 23.5 Å². The fourth-order valence-electron chi connectivity index (χ4n) is 1.15. The number of hydrogen-bond donors (Lipinski definition) is 3. The summed E-state index contributed by atoms with van der Waals surface area (Å²) in [6, 6.07) is -0.869. The van der Waals surface area contributed by atoms with E-state index >= 15 is 0 Å². The molecule has 3 atom stereocenters. The first-order valence-electron chi connectivity index (χ1n) is 5.58. The van der Waals surface area contributed by atoms with E-state index in [1.807, 2.05) is 6.92 Å². The second-order valence-electron chi connectivity index (χ2n) is 4.45. The average molecular weight is 230 g/mol. The van der Waals surface area contributed by atoms with Crippen molar-refractivity contribution in [3.63, 3.8) is 0 Å². The maximum absolute atomic E-state index is 11.7. The molecule has 0 aliphatic carbocycles. The Morgan fingerprint density at radius 1 is 1.44 bits per heavy atom. The van der Waals surface area contributed by atoms with E-state index in [-0.39, 0.29) is 5.92 Å². The second-order valence-corrected chi connectivity index (χ2v) is 4.45. The van der Waals surface area contributed by atoms with E-state index in [0.717, 1.165) is 0 Å². The van der Waals surface area contributed by atoms with Gasteiger partial charge in [0, 0.05) is 0 Å². The molecular formula is C11H22N2O3. The van der Waals surface area contributed by atoms with Crippen LogP contribution in [-0.2, 0) is 9.59 Å². The molecule has 3 unspecified atom stereocenters. The topological polar surface area (TPSA) is 92.4 Å². The average Bonchev–Trinajstić information content (AvgIpc) is 2.23. The highest BCUT2D eigenvalue weighted by molar-refractivity contribution is 5.89. The number of carbonyl (C=O) groups is 2. The molecule has 4 N–H and O–H groups in total. The molecule has 0 heterocycles. The van der Waals surface area contributed by atoms with Gasteiger partial charge in [-0.3, -0.25) is 4.79 Å². The molecule has 16 heavy (non-hydrogen) atoms. The number of nitrogens with two attached hydrogens (primary N) is 1. The fraction of sp³-hybridized carbons (Fsp3) is 0.818. The molecule has 1 amide bonds. The van der Waals surface area contributed by atoms with Crippen LogP contribution in [0, 0.1) is 5.92 Å². The van der Waals surface area contributed by atoms with Gasteiger partial charge in [-0.15, -0.1) is 0 Å². The first-order chi connectivity index (χ1) is 7.26. The first kappa shape index (κ1) is 14.9. The van der Waals surface area contributed by atoms with E-state index in [1.165, 1.54) is 0 Å². The normalized spacial score (nSPS) is 18.3. The lowest BCUT2D eigenvalue weighted by atomic mass is 9.95. The highest BCUT2D eigenvalue weighted by Crippen LogP contribution is 2.11. The van der Waals surface area contributed by atoms with Crippen molar-refractivity contribution in [2.45, 2.75) is 52.1 Å². The van der Waals surface area contributed by atoms with Crippen LogP contribution >= 0.6 is 0 Å². The Labute approximate surface area is 96.4 Å². The highest BCUT2D eigenvalue weighted by Gasteiger charge is 2.32. The van der Waals surface area contributed by atoms with Crippen LogP contribution in [0.1, 0.15) is 40.5 Å². The Hall–Kier alpha value is -1.10. The van der Waals surface area contributed by atoms with Crippen molar-refractivity contribution in [2.24, 2.45) is 11.7 Å². The van der Waals surface area contributed by atoms with Crippen molar-refractivity contribution in [3.05, 3.63) is 0 Å². The third-order valence-corrected chi connectivity index (χ3v) is 3.02. The molecule has 0 saturated heterocycles. The number of aliphatic carboxylic acids is 1. The quantitative estimate of drug-likeness (QED) is 0.627. The molecular weight excluding hydrogens is 208 g/mol. The predicted octanol–water partition coefficient (Wildman–Crippen LogP) is 0.729. The molecule has 0 spiro atoms. The third-order valence-electron chi connectivity index (χ3n) is 3.02. The lowest BCUT2D eigenvalue weighted by Crippen LogP contribution is -2.56. The highest BCUT2D eigenvalue weighted by atomic mass is 16.4. The lowest BCUT2D eigenvalue weighted by molar-refractivity contribution is -0.144. The molecule has 0 radical (unpaired) electrons. The van der Waals surface area contributed by atoms with Gasteiger partial charge in [0.05, 0.1) is 5.54 Å². The number of rotatable bonds is 6. The Balaban J connectivity index is 4.65. The maximum atomic E-state index is 11.7. The van der Waals surface area contributed by atoms with Crippen molar-refractivity contribution in [1.82, 2.24) is 5.32 Å².